The Labute approximate surface area is 210 Å². The summed E-state index contributed by atoms with van der Waals surface area (Å²) in [5, 5.41) is 0. The molecule has 0 saturated carbocycles. The highest BCUT2D eigenvalue weighted by molar-refractivity contribution is 5.99. The first kappa shape index (κ1) is 27.6. The summed E-state index contributed by atoms with van der Waals surface area (Å²) in [6, 6.07) is 0. The Balaban J connectivity index is 1.82. The summed E-state index contributed by atoms with van der Waals surface area (Å²) in [6.45, 7) is 4.20. The van der Waals surface area contributed by atoms with Crippen molar-refractivity contribution in [3.05, 3.63) is 24.3 Å². The molecule has 4 bridgehead atoms. The highest BCUT2D eigenvalue weighted by Crippen LogP contribution is 2.16. The van der Waals surface area contributed by atoms with Crippen LogP contribution in [0.15, 0.2) is 29.3 Å². The zero-order valence-electron chi connectivity index (χ0n) is 21.2. The summed E-state index contributed by atoms with van der Waals surface area (Å²) in [4.78, 5) is 35.0. The van der Waals surface area contributed by atoms with Gasteiger partial charge in [-0.2, -0.15) is 0 Å². The smallest absolute Gasteiger partial charge is 0.224 e. The topological polar surface area (TPSA) is 80.7 Å². The summed E-state index contributed by atoms with van der Waals surface area (Å²) in [7, 11) is 0. The van der Waals surface area contributed by atoms with Gasteiger partial charge < -0.3 is 24.0 Å². The highest BCUT2D eigenvalue weighted by atomic mass is 16.5. The fraction of sp³-hybridized carbons (Fsp3) is 0.741. The van der Waals surface area contributed by atoms with E-state index >= 15 is 0 Å². The van der Waals surface area contributed by atoms with Crippen molar-refractivity contribution >= 4 is 17.5 Å². The standard InChI is InChI=1S/C27H43N3O5/c31-26-13-7-5-3-1-2-4-6-8-14-27(32)30-16-18-34-20-22-35-21-19-33-17-15-29(26)23-24-11-9-10-12-25(30)28-24/h9-12,25H,1-8,13-23H2. The van der Waals surface area contributed by atoms with Crippen molar-refractivity contribution in [3.8, 4) is 0 Å². The molecule has 0 fully saturated rings. The lowest BCUT2D eigenvalue weighted by Gasteiger charge is -2.28. The molecule has 0 spiro atoms. The Hall–Kier alpha value is -2.03. The van der Waals surface area contributed by atoms with Gasteiger partial charge in [-0.15, -0.1) is 0 Å². The van der Waals surface area contributed by atoms with Gasteiger partial charge in [-0.3, -0.25) is 14.6 Å². The number of rotatable bonds is 0. The minimum atomic E-state index is -0.407. The Morgan fingerprint density at radius 3 is 1.94 bits per heavy atom. The summed E-state index contributed by atoms with van der Waals surface area (Å²) in [6.07, 6.45) is 17.1. The van der Waals surface area contributed by atoms with E-state index in [0.29, 0.717) is 72.1 Å². The van der Waals surface area contributed by atoms with Gasteiger partial charge in [0.15, 0.2) is 0 Å². The summed E-state index contributed by atoms with van der Waals surface area (Å²) in [5.41, 5.74) is 0.792. The number of nitrogens with zero attached hydrogens (tertiary/aromatic N) is 3. The summed E-state index contributed by atoms with van der Waals surface area (Å²) < 4.78 is 17.0. The minimum absolute atomic E-state index is 0.102. The molecule has 3 heterocycles. The predicted molar refractivity (Wildman–Crippen MR) is 136 cm³/mol. The van der Waals surface area contributed by atoms with Gasteiger partial charge in [0.1, 0.15) is 6.17 Å². The second-order valence-corrected chi connectivity index (χ2v) is 9.35. The van der Waals surface area contributed by atoms with Crippen molar-refractivity contribution in [2.24, 2.45) is 4.99 Å². The maximum Gasteiger partial charge on any atom is 0.224 e. The molecule has 0 N–H and O–H groups in total. The van der Waals surface area contributed by atoms with Crippen molar-refractivity contribution in [3.63, 3.8) is 0 Å². The molecule has 0 radical (unpaired) electrons. The lowest BCUT2D eigenvalue weighted by molar-refractivity contribution is -0.133. The Morgan fingerprint density at radius 1 is 0.686 bits per heavy atom. The average Bonchev–Trinajstić information content (AvgIpc) is 3.09. The third kappa shape index (κ3) is 10.6. The molecular weight excluding hydrogens is 446 g/mol. The van der Waals surface area contributed by atoms with Crippen LogP contribution in [-0.2, 0) is 23.8 Å². The van der Waals surface area contributed by atoms with E-state index < -0.39 is 6.17 Å². The fourth-order valence-corrected chi connectivity index (χ4v) is 4.54. The van der Waals surface area contributed by atoms with Crippen molar-refractivity contribution in [2.45, 2.75) is 70.4 Å². The number of hydrogen-bond acceptors (Lipinski definition) is 6. The molecule has 3 aliphatic rings. The normalized spacial score (nSPS) is 25.7. The van der Waals surface area contributed by atoms with Gasteiger partial charge in [0.25, 0.3) is 0 Å². The average molecular weight is 490 g/mol. The molecule has 35 heavy (non-hydrogen) atoms. The lowest BCUT2D eigenvalue weighted by atomic mass is 10.1. The molecule has 2 amide bonds. The number of aliphatic imine (C=N–C) groups is 1. The van der Waals surface area contributed by atoms with Gasteiger partial charge in [-0.25, -0.2) is 0 Å². The number of carbonyl (C=O) groups excluding carboxylic acids is 2. The molecule has 196 valence electrons. The van der Waals surface area contributed by atoms with E-state index in [0.717, 1.165) is 44.2 Å². The zero-order valence-corrected chi connectivity index (χ0v) is 21.2. The molecule has 8 heteroatoms. The SMILES string of the molecule is O=C1CCCCCCCCCCC(=O)N2CCOCCOCCOCCN1CC1=NC2C=CC=C1. The van der Waals surface area contributed by atoms with Crippen LogP contribution in [0.1, 0.15) is 64.2 Å². The highest BCUT2D eigenvalue weighted by Gasteiger charge is 2.23. The summed E-state index contributed by atoms with van der Waals surface area (Å²) >= 11 is 0. The molecule has 0 aromatic rings. The van der Waals surface area contributed by atoms with E-state index in [-0.39, 0.29) is 11.8 Å². The van der Waals surface area contributed by atoms with E-state index in [1.54, 1.807) is 0 Å². The van der Waals surface area contributed by atoms with Gasteiger partial charge in [0, 0.05) is 25.9 Å². The van der Waals surface area contributed by atoms with E-state index in [9.17, 15) is 9.59 Å². The van der Waals surface area contributed by atoms with Crippen molar-refractivity contribution < 1.29 is 23.8 Å². The Morgan fingerprint density at radius 2 is 1.26 bits per heavy atom. The minimum Gasteiger partial charge on any atom is -0.377 e. The fourth-order valence-electron chi connectivity index (χ4n) is 4.54. The van der Waals surface area contributed by atoms with Crippen molar-refractivity contribution in [1.29, 1.82) is 0 Å². The maximum absolute atomic E-state index is 13.3. The quantitative estimate of drug-likeness (QED) is 0.520. The van der Waals surface area contributed by atoms with Crippen LogP contribution in [0.25, 0.3) is 0 Å². The molecule has 0 saturated heterocycles. The van der Waals surface area contributed by atoms with Gasteiger partial charge in [0.05, 0.1) is 51.9 Å². The largest absolute Gasteiger partial charge is 0.377 e. The molecule has 0 aliphatic carbocycles. The van der Waals surface area contributed by atoms with E-state index in [2.05, 4.69) is 0 Å². The van der Waals surface area contributed by atoms with Gasteiger partial charge in [-0.1, -0.05) is 50.7 Å². The number of allylic oxidation sites excluding steroid dienone is 2. The van der Waals surface area contributed by atoms with E-state index in [1.807, 2.05) is 34.1 Å². The van der Waals surface area contributed by atoms with Crippen LogP contribution in [0.4, 0.5) is 0 Å². The van der Waals surface area contributed by atoms with Crippen molar-refractivity contribution in [1.82, 2.24) is 9.80 Å². The number of fused-ring (bicyclic) bond motifs is 1. The summed E-state index contributed by atoms with van der Waals surface area (Å²) in [5.74, 6) is 0.236. The van der Waals surface area contributed by atoms with Crippen LogP contribution >= 0.6 is 0 Å². The molecule has 8 nitrogen and oxygen atoms in total. The Kier molecular flexibility index (Phi) is 13.1. The van der Waals surface area contributed by atoms with Gasteiger partial charge in [-0.05, 0) is 25.0 Å². The van der Waals surface area contributed by atoms with Crippen LogP contribution in [0.5, 0.6) is 0 Å². The second kappa shape index (κ2) is 16.6. The Bertz CT molecular complexity index is 736. The van der Waals surface area contributed by atoms with Crippen LogP contribution < -0.4 is 0 Å². The first-order valence-electron chi connectivity index (χ1n) is 13.5. The first-order chi connectivity index (χ1) is 17.2. The molecule has 3 rings (SSSR count). The first-order valence-corrected chi connectivity index (χ1v) is 13.5. The number of ether oxygens (including phenoxy) is 3. The molecule has 1 atom stereocenters. The van der Waals surface area contributed by atoms with Crippen LogP contribution in [0, 0.1) is 0 Å². The second-order valence-electron chi connectivity index (χ2n) is 9.35. The molecule has 0 aromatic heterocycles. The van der Waals surface area contributed by atoms with E-state index in [1.165, 1.54) is 12.8 Å². The molecule has 0 aromatic carbocycles. The molecular formula is C27H43N3O5. The third-order valence-corrected chi connectivity index (χ3v) is 6.58. The number of carbonyl (C=O) groups is 2. The van der Waals surface area contributed by atoms with Crippen LogP contribution in [0.3, 0.4) is 0 Å². The number of hydrogen-bond donors (Lipinski definition) is 0. The van der Waals surface area contributed by atoms with E-state index in [4.69, 9.17) is 19.2 Å². The van der Waals surface area contributed by atoms with Crippen molar-refractivity contribution in [2.75, 3.05) is 59.3 Å². The predicted octanol–water partition coefficient (Wildman–Crippen LogP) is 3.51. The number of amides is 2. The third-order valence-electron chi connectivity index (χ3n) is 6.58. The van der Waals surface area contributed by atoms with Gasteiger partial charge >= 0.3 is 0 Å². The van der Waals surface area contributed by atoms with Crippen LogP contribution in [0.2, 0.25) is 0 Å². The van der Waals surface area contributed by atoms with Gasteiger partial charge in [0.2, 0.25) is 11.8 Å². The zero-order chi connectivity index (χ0) is 24.6. The molecule has 3 aliphatic heterocycles. The monoisotopic (exact) mass is 489 g/mol. The molecule has 1 unspecified atom stereocenters. The maximum atomic E-state index is 13.3. The van der Waals surface area contributed by atoms with Crippen LogP contribution in [-0.4, -0.2) is 92.8 Å². The lowest BCUT2D eigenvalue weighted by Crippen LogP contribution is -2.42.